The summed E-state index contributed by atoms with van der Waals surface area (Å²) in [5.41, 5.74) is 1.69. The highest BCUT2D eigenvalue weighted by atomic mass is 16.6. The lowest BCUT2D eigenvalue weighted by molar-refractivity contribution is -0.128. The van der Waals surface area contributed by atoms with E-state index in [-0.39, 0.29) is 24.2 Å². The summed E-state index contributed by atoms with van der Waals surface area (Å²) in [7, 11) is 0. The molecular weight excluding hydrogens is 396 g/mol. The number of ether oxygens (including phenoxy) is 2. The van der Waals surface area contributed by atoms with Crippen molar-refractivity contribution in [3.05, 3.63) is 24.3 Å². The minimum Gasteiger partial charge on any atom is -0.489 e. The summed E-state index contributed by atoms with van der Waals surface area (Å²) in [6, 6.07) is 8.46. The molecule has 0 bridgehead atoms. The molecule has 8 heteroatoms. The molecule has 2 saturated heterocycles. The van der Waals surface area contributed by atoms with Crippen LogP contribution < -0.4 is 9.64 Å². The highest BCUT2D eigenvalue weighted by molar-refractivity contribution is 6.39. The number of hydrogen-bond acceptors (Lipinski definition) is 7. The molecule has 1 amide bonds. The van der Waals surface area contributed by atoms with Crippen molar-refractivity contribution in [2.24, 2.45) is 5.16 Å². The third-order valence-electron chi connectivity index (χ3n) is 6.23. The van der Waals surface area contributed by atoms with Gasteiger partial charge in [0, 0.05) is 51.7 Å². The van der Waals surface area contributed by atoms with E-state index in [1.807, 2.05) is 17.0 Å². The second-order valence-electron chi connectivity index (χ2n) is 8.69. The van der Waals surface area contributed by atoms with E-state index in [0.717, 1.165) is 37.6 Å². The molecule has 1 aromatic carbocycles. The second-order valence-corrected chi connectivity index (χ2v) is 8.69. The zero-order valence-electron chi connectivity index (χ0n) is 18.8. The first-order valence-corrected chi connectivity index (χ1v) is 11.4. The summed E-state index contributed by atoms with van der Waals surface area (Å²) in [5, 5.41) is 4.14. The van der Waals surface area contributed by atoms with Crippen LogP contribution in [0.4, 0.5) is 5.69 Å². The Morgan fingerprint density at radius 2 is 1.77 bits per heavy atom. The van der Waals surface area contributed by atoms with E-state index in [2.05, 4.69) is 47.9 Å². The standard InChI is InChI=1S/C23H34N4O4/c1-17(2)30-21-7-5-4-6-20(21)26-10-8-25(9-11-26)18(3)22-16-19(24-31-22)23(28)27-12-14-29-15-13-27/h4-7,17-18,22H,8-16H2,1-3H3/t18?,22-/m0/s1. The van der Waals surface area contributed by atoms with Crippen LogP contribution in [-0.2, 0) is 14.4 Å². The van der Waals surface area contributed by atoms with Gasteiger partial charge in [0.15, 0.2) is 0 Å². The van der Waals surface area contributed by atoms with Gasteiger partial charge in [0.05, 0.1) is 25.0 Å². The molecule has 3 aliphatic rings. The summed E-state index contributed by atoms with van der Waals surface area (Å²) in [4.78, 5) is 25.0. The van der Waals surface area contributed by atoms with Gasteiger partial charge in [0.1, 0.15) is 17.6 Å². The van der Waals surface area contributed by atoms with E-state index in [1.54, 1.807) is 0 Å². The predicted molar refractivity (Wildman–Crippen MR) is 120 cm³/mol. The molecular formula is C23H34N4O4. The maximum Gasteiger partial charge on any atom is 0.271 e. The summed E-state index contributed by atoms with van der Waals surface area (Å²) < 4.78 is 11.3. The van der Waals surface area contributed by atoms with Crippen LogP contribution in [0.1, 0.15) is 27.2 Å². The first-order valence-electron chi connectivity index (χ1n) is 11.4. The molecule has 3 heterocycles. The Hall–Kier alpha value is -2.32. The molecule has 0 saturated carbocycles. The summed E-state index contributed by atoms with van der Waals surface area (Å²) in [6.45, 7) is 12.4. The van der Waals surface area contributed by atoms with Gasteiger partial charge in [-0.05, 0) is 32.9 Å². The molecule has 0 N–H and O–H groups in total. The highest BCUT2D eigenvalue weighted by Gasteiger charge is 2.36. The molecule has 0 spiro atoms. The molecule has 0 aliphatic carbocycles. The number of carbonyl (C=O) groups is 1. The SMILES string of the molecule is CC(C)Oc1ccccc1N1CCN(C(C)[C@@H]2CC(C(=O)N3CCOCC3)=NO2)CC1. The van der Waals surface area contributed by atoms with E-state index in [1.165, 1.54) is 0 Å². The molecule has 31 heavy (non-hydrogen) atoms. The molecule has 3 aliphatic heterocycles. The van der Waals surface area contributed by atoms with Crippen molar-refractivity contribution in [2.75, 3.05) is 57.4 Å². The van der Waals surface area contributed by atoms with Crippen LogP contribution in [0.2, 0.25) is 0 Å². The average Bonchev–Trinajstić information content (AvgIpc) is 3.29. The molecule has 2 fully saturated rings. The molecule has 1 unspecified atom stereocenters. The van der Waals surface area contributed by atoms with Crippen LogP contribution in [0.15, 0.2) is 29.4 Å². The van der Waals surface area contributed by atoms with Crippen LogP contribution in [-0.4, -0.2) is 92.2 Å². The Morgan fingerprint density at radius 1 is 1.06 bits per heavy atom. The molecule has 4 rings (SSSR count). The Kier molecular flexibility index (Phi) is 6.97. The van der Waals surface area contributed by atoms with E-state index in [0.29, 0.717) is 38.4 Å². The quantitative estimate of drug-likeness (QED) is 0.688. The van der Waals surface area contributed by atoms with Gasteiger partial charge < -0.3 is 24.1 Å². The van der Waals surface area contributed by atoms with Gasteiger partial charge in [-0.3, -0.25) is 9.69 Å². The number of hydrogen-bond donors (Lipinski definition) is 0. The molecule has 8 nitrogen and oxygen atoms in total. The van der Waals surface area contributed by atoms with Crippen molar-refractivity contribution in [2.45, 2.75) is 45.4 Å². The third kappa shape index (κ3) is 5.13. The Morgan fingerprint density at radius 3 is 2.48 bits per heavy atom. The van der Waals surface area contributed by atoms with Gasteiger partial charge in [0.25, 0.3) is 5.91 Å². The van der Waals surface area contributed by atoms with Gasteiger partial charge in [-0.1, -0.05) is 17.3 Å². The summed E-state index contributed by atoms with van der Waals surface area (Å²) in [6.07, 6.45) is 0.641. The van der Waals surface area contributed by atoms with Gasteiger partial charge in [-0.25, -0.2) is 0 Å². The monoisotopic (exact) mass is 430 g/mol. The number of para-hydroxylation sites is 2. The molecule has 0 aromatic heterocycles. The number of benzene rings is 1. The van der Waals surface area contributed by atoms with Crippen LogP contribution in [0.25, 0.3) is 0 Å². The Bertz CT molecular complexity index is 786. The van der Waals surface area contributed by atoms with Gasteiger partial charge in [-0.2, -0.15) is 0 Å². The lowest BCUT2D eigenvalue weighted by Crippen LogP contribution is -2.53. The third-order valence-corrected chi connectivity index (χ3v) is 6.23. The average molecular weight is 431 g/mol. The molecule has 0 radical (unpaired) electrons. The maximum absolute atomic E-state index is 12.7. The fourth-order valence-corrected chi connectivity index (χ4v) is 4.41. The minimum atomic E-state index is -0.0805. The number of amides is 1. The fourth-order valence-electron chi connectivity index (χ4n) is 4.41. The smallest absolute Gasteiger partial charge is 0.271 e. The summed E-state index contributed by atoms with van der Waals surface area (Å²) >= 11 is 0. The van der Waals surface area contributed by atoms with Gasteiger partial charge in [0.2, 0.25) is 0 Å². The predicted octanol–water partition coefficient (Wildman–Crippen LogP) is 1.99. The number of nitrogens with zero attached hydrogens (tertiary/aromatic N) is 4. The van der Waals surface area contributed by atoms with Gasteiger partial charge >= 0.3 is 0 Å². The van der Waals surface area contributed by atoms with Crippen LogP contribution in [0.3, 0.4) is 0 Å². The summed E-state index contributed by atoms with van der Waals surface area (Å²) in [5.74, 6) is 0.933. The lowest BCUT2D eigenvalue weighted by Gasteiger charge is -2.40. The van der Waals surface area contributed by atoms with Crippen LogP contribution >= 0.6 is 0 Å². The van der Waals surface area contributed by atoms with E-state index in [4.69, 9.17) is 14.3 Å². The number of piperazine rings is 1. The van der Waals surface area contributed by atoms with Crippen molar-refractivity contribution < 1.29 is 19.1 Å². The van der Waals surface area contributed by atoms with E-state index < -0.39 is 0 Å². The second kappa shape index (κ2) is 9.87. The van der Waals surface area contributed by atoms with Crippen molar-refractivity contribution in [1.29, 1.82) is 0 Å². The Labute approximate surface area is 184 Å². The number of rotatable bonds is 6. The van der Waals surface area contributed by atoms with Crippen molar-refractivity contribution in [3.8, 4) is 5.75 Å². The Balaban J connectivity index is 1.29. The number of oxime groups is 1. The normalized spacial score (nSPS) is 23.5. The zero-order valence-corrected chi connectivity index (χ0v) is 18.8. The van der Waals surface area contributed by atoms with Crippen LogP contribution in [0, 0.1) is 0 Å². The first-order chi connectivity index (χ1) is 15.0. The zero-order chi connectivity index (χ0) is 21.8. The van der Waals surface area contributed by atoms with Crippen LogP contribution in [0.5, 0.6) is 5.75 Å². The minimum absolute atomic E-state index is 0.00965. The van der Waals surface area contributed by atoms with Gasteiger partial charge in [-0.15, -0.1) is 0 Å². The molecule has 1 aromatic rings. The number of carbonyl (C=O) groups excluding carboxylic acids is 1. The van der Waals surface area contributed by atoms with E-state index >= 15 is 0 Å². The van der Waals surface area contributed by atoms with Crippen molar-refractivity contribution in [3.63, 3.8) is 0 Å². The van der Waals surface area contributed by atoms with Crippen molar-refractivity contribution in [1.82, 2.24) is 9.80 Å². The number of morpholine rings is 1. The van der Waals surface area contributed by atoms with E-state index in [9.17, 15) is 4.79 Å². The van der Waals surface area contributed by atoms with Crippen molar-refractivity contribution >= 4 is 17.3 Å². The fraction of sp³-hybridized carbons (Fsp3) is 0.652. The maximum atomic E-state index is 12.7. The largest absolute Gasteiger partial charge is 0.489 e. The highest BCUT2D eigenvalue weighted by Crippen LogP contribution is 2.30. The number of anilines is 1. The lowest BCUT2D eigenvalue weighted by atomic mass is 10.0. The topological polar surface area (TPSA) is 66.8 Å². The molecule has 2 atom stereocenters. The molecule has 170 valence electrons. The first kappa shape index (κ1) is 21.9.